The van der Waals surface area contributed by atoms with Crippen LogP contribution in [-0.2, 0) is 14.3 Å². The Morgan fingerprint density at radius 3 is 2.43 bits per heavy atom. The molecule has 0 bridgehead atoms. The van der Waals surface area contributed by atoms with E-state index >= 15 is 0 Å². The fraction of sp³-hybridized carbons (Fsp3) is 0.360. The molecule has 3 heteroatoms. The smallest absolute Gasteiger partial charge is 0.321 e. The number of carbonyl (C=O) groups excluding carboxylic acids is 2. The molecule has 0 aliphatic carbocycles. The summed E-state index contributed by atoms with van der Waals surface area (Å²) in [7, 11) is 0. The van der Waals surface area contributed by atoms with Gasteiger partial charge in [-0.3, -0.25) is 9.59 Å². The van der Waals surface area contributed by atoms with Gasteiger partial charge in [0, 0.05) is 6.42 Å². The van der Waals surface area contributed by atoms with E-state index in [-0.39, 0.29) is 18.3 Å². The molecule has 0 spiro atoms. The number of hydrogen-bond donors (Lipinski definition) is 0. The second-order valence-corrected chi connectivity index (χ2v) is 6.60. The fourth-order valence-electron chi connectivity index (χ4n) is 2.85. The third-order valence-electron chi connectivity index (χ3n) is 4.35. The van der Waals surface area contributed by atoms with Crippen LogP contribution < -0.4 is 0 Å². The molecule has 0 N–H and O–H groups in total. The summed E-state index contributed by atoms with van der Waals surface area (Å²) in [5.41, 5.74) is 1.43. The highest BCUT2D eigenvalue weighted by molar-refractivity contribution is 6.05. The van der Waals surface area contributed by atoms with Gasteiger partial charge in [0.25, 0.3) is 0 Å². The zero-order valence-electron chi connectivity index (χ0n) is 17.3. The molecule has 150 valence electrons. The molecule has 1 aromatic rings. The Morgan fingerprint density at radius 2 is 1.86 bits per heavy atom. The standard InChI is InChI=1S/C25H32O3/c1-5-9-15-20(8-4)19-23(26)24(21-16-12-11-13-17-21)25(27)28-22(14-7-3)18-10-6-2/h5,7-9,11-17,22,24H,4,6,10,18-19H2,1-3H3/b9-5-,14-7+,20-15+. The first kappa shape index (κ1) is 23.4. The van der Waals surface area contributed by atoms with Crippen molar-refractivity contribution in [3.05, 3.63) is 84.5 Å². The van der Waals surface area contributed by atoms with E-state index in [1.165, 1.54) is 0 Å². The van der Waals surface area contributed by atoms with Crippen LogP contribution >= 0.6 is 0 Å². The van der Waals surface area contributed by atoms with Crippen molar-refractivity contribution in [2.24, 2.45) is 0 Å². The molecule has 2 unspecified atom stereocenters. The first-order chi connectivity index (χ1) is 13.6. The Balaban J connectivity index is 3.09. The summed E-state index contributed by atoms with van der Waals surface area (Å²) in [6.45, 7) is 9.67. The summed E-state index contributed by atoms with van der Waals surface area (Å²) in [6, 6.07) is 9.11. The van der Waals surface area contributed by atoms with Crippen molar-refractivity contribution in [1.29, 1.82) is 0 Å². The van der Waals surface area contributed by atoms with Gasteiger partial charge in [0.2, 0.25) is 0 Å². The normalized spacial score (nSPS) is 14.2. The highest BCUT2D eigenvalue weighted by atomic mass is 16.5. The van der Waals surface area contributed by atoms with Crippen molar-refractivity contribution in [1.82, 2.24) is 0 Å². The first-order valence-corrected chi connectivity index (χ1v) is 9.92. The van der Waals surface area contributed by atoms with E-state index in [0.717, 1.165) is 24.8 Å². The lowest BCUT2D eigenvalue weighted by atomic mass is 9.90. The summed E-state index contributed by atoms with van der Waals surface area (Å²) < 4.78 is 5.72. The van der Waals surface area contributed by atoms with Gasteiger partial charge < -0.3 is 4.74 Å². The number of Topliss-reactive ketones (excluding diaryl/α,β-unsaturated/α-hetero) is 1. The Bertz CT molecular complexity index is 711. The number of ketones is 1. The molecular formula is C25H32O3. The van der Waals surface area contributed by atoms with E-state index in [2.05, 4.69) is 13.5 Å². The topological polar surface area (TPSA) is 43.4 Å². The zero-order chi connectivity index (χ0) is 20.8. The zero-order valence-corrected chi connectivity index (χ0v) is 17.3. The molecule has 0 radical (unpaired) electrons. The molecule has 1 rings (SSSR count). The molecule has 0 aliphatic rings. The molecule has 0 amide bonds. The van der Waals surface area contributed by atoms with Crippen LogP contribution in [0.2, 0.25) is 0 Å². The second kappa shape index (κ2) is 13.5. The number of carbonyl (C=O) groups is 2. The third-order valence-corrected chi connectivity index (χ3v) is 4.35. The maximum absolute atomic E-state index is 13.0. The summed E-state index contributed by atoms with van der Waals surface area (Å²) in [4.78, 5) is 26.0. The summed E-state index contributed by atoms with van der Waals surface area (Å²) in [6.07, 6.45) is 13.5. The minimum absolute atomic E-state index is 0.131. The van der Waals surface area contributed by atoms with Crippen LogP contribution in [-0.4, -0.2) is 17.9 Å². The lowest BCUT2D eigenvalue weighted by Crippen LogP contribution is -2.28. The van der Waals surface area contributed by atoms with Gasteiger partial charge >= 0.3 is 5.97 Å². The van der Waals surface area contributed by atoms with Crippen molar-refractivity contribution < 1.29 is 14.3 Å². The number of ether oxygens (including phenoxy) is 1. The Hall–Kier alpha value is -2.68. The van der Waals surface area contributed by atoms with Crippen LogP contribution in [0.15, 0.2) is 78.9 Å². The van der Waals surface area contributed by atoms with E-state index < -0.39 is 11.9 Å². The van der Waals surface area contributed by atoms with Crippen molar-refractivity contribution in [2.75, 3.05) is 0 Å². The first-order valence-electron chi connectivity index (χ1n) is 9.92. The van der Waals surface area contributed by atoms with E-state index in [9.17, 15) is 9.59 Å². The van der Waals surface area contributed by atoms with Crippen LogP contribution in [0.5, 0.6) is 0 Å². The van der Waals surface area contributed by atoms with Gasteiger partial charge in [0.05, 0.1) is 0 Å². The highest BCUT2D eigenvalue weighted by Crippen LogP contribution is 2.24. The lowest BCUT2D eigenvalue weighted by molar-refractivity contribution is -0.151. The monoisotopic (exact) mass is 380 g/mol. The molecule has 0 heterocycles. The quantitative estimate of drug-likeness (QED) is 0.190. The molecule has 0 aromatic heterocycles. The number of esters is 1. The SMILES string of the molecule is C=C/C(=C\C=C/C)CC(=O)C(C(=O)OC(/C=C/C)CCCC)c1ccccc1. The minimum Gasteiger partial charge on any atom is -0.457 e. The molecule has 0 fully saturated rings. The molecular weight excluding hydrogens is 348 g/mol. The number of allylic oxidation sites excluding steroid dienone is 6. The van der Waals surface area contributed by atoms with E-state index in [4.69, 9.17) is 4.74 Å². The summed E-state index contributed by atoms with van der Waals surface area (Å²) in [5, 5.41) is 0. The molecule has 1 aromatic carbocycles. The maximum Gasteiger partial charge on any atom is 0.321 e. The van der Waals surface area contributed by atoms with Gasteiger partial charge in [-0.05, 0) is 43.9 Å². The van der Waals surface area contributed by atoms with Gasteiger partial charge in [-0.25, -0.2) is 0 Å². The Morgan fingerprint density at radius 1 is 1.14 bits per heavy atom. The maximum atomic E-state index is 13.0. The molecule has 0 aliphatic heterocycles. The highest BCUT2D eigenvalue weighted by Gasteiger charge is 2.31. The predicted molar refractivity (Wildman–Crippen MR) is 116 cm³/mol. The van der Waals surface area contributed by atoms with Gasteiger partial charge in [0.1, 0.15) is 12.0 Å². The summed E-state index contributed by atoms with van der Waals surface area (Å²) >= 11 is 0. The molecule has 28 heavy (non-hydrogen) atoms. The number of hydrogen-bond acceptors (Lipinski definition) is 3. The van der Waals surface area contributed by atoms with Crippen LogP contribution in [0.4, 0.5) is 0 Å². The number of rotatable bonds is 12. The Labute approximate surface area is 169 Å². The molecule has 3 nitrogen and oxygen atoms in total. The molecule has 2 atom stereocenters. The minimum atomic E-state index is -0.940. The van der Waals surface area contributed by atoms with E-state index in [0.29, 0.717) is 5.56 Å². The second-order valence-electron chi connectivity index (χ2n) is 6.60. The number of benzene rings is 1. The van der Waals surface area contributed by atoms with Crippen LogP contribution in [0.3, 0.4) is 0 Å². The average Bonchev–Trinajstić information content (AvgIpc) is 2.70. The number of unbranched alkanes of at least 4 members (excludes halogenated alkanes) is 1. The van der Waals surface area contributed by atoms with Crippen molar-refractivity contribution >= 4 is 11.8 Å². The largest absolute Gasteiger partial charge is 0.457 e. The average molecular weight is 381 g/mol. The Kier molecular flexibility index (Phi) is 11.2. The summed E-state index contributed by atoms with van der Waals surface area (Å²) in [5.74, 6) is -1.63. The molecule has 0 saturated heterocycles. The van der Waals surface area contributed by atoms with Gasteiger partial charge in [-0.1, -0.05) is 80.6 Å². The predicted octanol–water partition coefficient (Wildman–Crippen LogP) is 6.10. The van der Waals surface area contributed by atoms with Gasteiger partial charge in [-0.2, -0.15) is 0 Å². The van der Waals surface area contributed by atoms with Crippen LogP contribution in [0, 0.1) is 0 Å². The van der Waals surface area contributed by atoms with Gasteiger partial charge in [-0.15, -0.1) is 0 Å². The van der Waals surface area contributed by atoms with E-state index in [1.807, 2.05) is 62.4 Å². The van der Waals surface area contributed by atoms with Gasteiger partial charge in [0.15, 0.2) is 5.78 Å². The van der Waals surface area contributed by atoms with Crippen molar-refractivity contribution in [3.8, 4) is 0 Å². The van der Waals surface area contributed by atoms with Crippen LogP contribution in [0.1, 0.15) is 57.9 Å². The molecule has 0 saturated carbocycles. The van der Waals surface area contributed by atoms with Crippen molar-refractivity contribution in [3.63, 3.8) is 0 Å². The van der Waals surface area contributed by atoms with Crippen molar-refractivity contribution in [2.45, 2.75) is 58.5 Å². The fourth-order valence-corrected chi connectivity index (χ4v) is 2.85. The lowest BCUT2D eigenvalue weighted by Gasteiger charge is -2.20. The van der Waals surface area contributed by atoms with Crippen LogP contribution in [0.25, 0.3) is 0 Å². The van der Waals surface area contributed by atoms with E-state index in [1.54, 1.807) is 18.2 Å². The third kappa shape index (κ3) is 7.91.